The lowest BCUT2D eigenvalue weighted by Gasteiger charge is -1.96. The molecule has 4 rings (SSSR count). The third-order valence-corrected chi connectivity index (χ3v) is 4.47. The second-order valence-corrected chi connectivity index (χ2v) is 6.10. The molecule has 0 unspecified atom stereocenters. The molecule has 22 heavy (non-hydrogen) atoms. The van der Waals surface area contributed by atoms with Crippen molar-refractivity contribution in [1.82, 2.24) is 25.0 Å². The highest BCUT2D eigenvalue weighted by atomic mass is 32.1. The molecule has 0 spiro atoms. The van der Waals surface area contributed by atoms with Gasteiger partial charge in [-0.25, -0.2) is 0 Å². The standard InChI is InChI=1S/C15H13N5OS/c1-9-12(10(2)21-19-9)8-13-18-20-14(16-17-15(20)22-13)11-6-4-3-5-7-11/h3-7H,8H2,1-2H3. The Hall–Kier alpha value is -2.54. The van der Waals surface area contributed by atoms with Crippen LogP contribution in [0.25, 0.3) is 16.3 Å². The molecule has 0 bridgehead atoms. The van der Waals surface area contributed by atoms with Crippen LogP contribution in [0.4, 0.5) is 0 Å². The first-order valence-electron chi connectivity index (χ1n) is 6.90. The van der Waals surface area contributed by atoms with Gasteiger partial charge in [0.2, 0.25) is 4.96 Å². The summed E-state index contributed by atoms with van der Waals surface area (Å²) in [6, 6.07) is 9.94. The highest BCUT2D eigenvalue weighted by molar-refractivity contribution is 7.16. The molecule has 0 N–H and O–H groups in total. The monoisotopic (exact) mass is 311 g/mol. The van der Waals surface area contributed by atoms with Crippen LogP contribution in [0.3, 0.4) is 0 Å². The van der Waals surface area contributed by atoms with Crippen molar-refractivity contribution in [3.05, 3.63) is 52.4 Å². The van der Waals surface area contributed by atoms with E-state index < -0.39 is 0 Å². The summed E-state index contributed by atoms with van der Waals surface area (Å²) in [6.45, 7) is 3.87. The number of nitrogens with zero attached hydrogens (tertiary/aromatic N) is 5. The maximum atomic E-state index is 5.21. The predicted octanol–water partition coefficient (Wildman–Crippen LogP) is 3.05. The Morgan fingerprint density at radius 1 is 1.14 bits per heavy atom. The Bertz CT molecular complexity index is 918. The summed E-state index contributed by atoms with van der Waals surface area (Å²) in [5, 5.41) is 18.1. The Morgan fingerprint density at radius 3 is 2.68 bits per heavy atom. The minimum Gasteiger partial charge on any atom is -0.361 e. The van der Waals surface area contributed by atoms with E-state index in [4.69, 9.17) is 4.52 Å². The van der Waals surface area contributed by atoms with Gasteiger partial charge in [0.1, 0.15) is 10.8 Å². The van der Waals surface area contributed by atoms with Gasteiger partial charge in [-0.3, -0.25) is 0 Å². The van der Waals surface area contributed by atoms with E-state index in [9.17, 15) is 0 Å². The van der Waals surface area contributed by atoms with Crippen molar-refractivity contribution in [2.75, 3.05) is 0 Å². The molecule has 0 aliphatic heterocycles. The first-order chi connectivity index (χ1) is 10.7. The molecule has 3 heterocycles. The molecule has 0 radical (unpaired) electrons. The van der Waals surface area contributed by atoms with Gasteiger partial charge in [-0.2, -0.15) is 9.61 Å². The molecule has 6 nitrogen and oxygen atoms in total. The van der Waals surface area contributed by atoms with Crippen LogP contribution in [0.5, 0.6) is 0 Å². The maximum Gasteiger partial charge on any atom is 0.234 e. The Balaban J connectivity index is 1.75. The van der Waals surface area contributed by atoms with E-state index in [1.54, 1.807) is 4.52 Å². The molecular formula is C15H13N5OS. The Labute approximate surface area is 130 Å². The number of fused-ring (bicyclic) bond motifs is 1. The lowest BCUT2D eigenvalue weighted by atomic mass is 10.1. The quantitative estimate of drug-likeness (QED) is 0.581. The molecule has 3 aromatic heterocycles. The molecule has 7 heteroatoms. The van der Waals surface area contributed by atoms with Gasteiger partial charge in [-0.05, 0) is 13.8 Å². The molecule has 0 saturated heterocycles. The summed E-state index contributed by atoms with van der Waals surface area (Å²) >= 11 is 1.54. The van der Waals surface area contributed by atoms with E-state index in [1.807, 2.05) is 44.2 Å². The minimum absolute atomic E-state index is 0.698. The van der Waals surface area contributed by atoms with E-state index in [0.717, 1.165) is 38.4 Å². The summed E-state index contributed by atoms with van der Waals surface area (Å²) in [5.41, 5.74) is 3.00. The van der Waals surface area contributed by atoms with Gasteiger partial charge in [0.15, 0.2) is 5.82 Å². The summed E-state index contributed by atoms with van der Waals surface area (Å²) in [6.07, 6.45) is 0.698. The van der Waals surface area contributed by atoms with Crippen LogP contribution in [0.1, 0.15) is 22.0 Å². The molecule has 4 aromatic rings. The van der Waals surface area contributed by atoms with Crippen LogP contribution in [0.15, 0.2) is 34.9 Å². The SMILES string of the molecule is Cc1noc(C)c1Cc1nn2c(-c3ccccc3)nnc2s1. The van der Waals surface area contributed by atoms with Crippen LogP contribution in [0, 0.1) is 13.8 Å². The van der Waals surface area contributed by atoms with Crippen LogP contribution in [-0.4, -0.2) is 25.0 Å². The fraction of sp³-hybridized carbons (Fsp3) is 0.200. The number of hydrogen-bond donors (Lipinski definition) is 0. The van der Waals surface area contributed by atoms with E-state index in [1.165, 1.54) is 11.3 Å². The van der Waals surface area contributed by atoms with Crippen molar-refractivity contribution < 1.29 is 4.52 Å². The molecule has 110 valence electrons. The van der Waals surface area contributed by atoms with Crippen molar-refractivity contribution >= 4 is 16.3 Å². The topological polar surface area (TPSA) is 69.1 Å². The van der Waals surface area contributed by atoms with Gasteiger partial charge in [-0.15, -0.1) is 10.2 Å². The number of hydrogen-bond acceptors (Lipinski definition) is 6. The third kappa shape index (κ3) is 2.10. The van der Waals surface area contributed by atoms with E-state index >= 15 is 0 Å². The van der Waals surface area contributed by atoms with Crippen molar-refractivity contribution in [3.63, 3.8) is 0 Å². The number of rotatable bonds is 3. The van der Waals surface area contributed by atoms with Gasteiger partial charge >= 0.3 is 0 Å². The zero-order chi connectivity index (χ0) is 15.1. The smallest absolute Gasteiger partial charge is 0.234 e. The summed E-state index contributed by atoms with van der Waals surface area (Å²) in [4.78, 5) is 0.792. The number of benzene rings is 1. The second kappa shape index (κ2) is 5.03. The molecule has 0 atom stereocenters. The fourth-order valence-corrected chi connectivity index (χ4v) is 3.25. The van der Waals surface area contributed by atoms with Gasteiger partial charge in [0, 0.05) is 17.5 Å². The molecule has 0 aliphatic carbocycles. The summed E-state index contributed by atoms with van der Waals surface area (Å²) in [7, 11) is 0. The molecule has 0 fully saturated rings. The lowest BCUT2D eigenvalue weighted by molar-refractivity contribution is 0.392. The minimum atomic E-state index is 0.698. The van der Waals surface area contributed by atoms with Crippen molar-refractivity contribution in [1.29, 1.82) is 0 Å². The van der Waals surface area contributed by atoms with Crippen LogP contribution in [0.2, 0.25) is 0 Å². The van der Waals surface area contributed by atoms with E-state index in [-0.39, 0.29) is 0 Å². The van der Waals surface area contributed by atoms with Crippen LogP contribution < -0.4 is 0 Å². The fourth-order valence-electron chi connectivity index (χ4n) is 2.40. The van der Waals surface area contributed by atoms with Crippen molar-refractivity contribution in [2.45, 2.75) is 20.3 Å². The molecule has 0 saturated carbocycles. The third-order valence-electron chi connectivity index (χ3n) is 3.57. The first-order valence-corrected chi connectivity index (χ1v) is 7.72. The Kier molecular flexibility index (Phi) is 3.00. The van der Waals surface area contributed by atoms with Gasteiger partial charge < -0.3 is 4.52 Å². The van der Waals surface area contributed by atoms with Gasteiger partial charge in [0.05, 0.1) is 5.69 Å². The van der Waals surface area contributed by atoms with Crippen LogP contribution >= 0.6 is 11.3 Å². The average Bonchev–Trinajstić information content (AvgIpc) is 3.18. The number of aromatic nitrogens is 5. The van der Waals surface area contributed by atoms with Crippen molar-refractivity contribution in [3.8, 4) is 11.4 Å². The van der Waals surface area contributed by atoms with Crippen LogP contribution in [-0.2, 0) is 6.42 Å². The summed E-state index contributed by atoms with van der Waals surface area (Å²) in [5.74, 6) is 1.60. The van der Waals surface area contributed by atoms with Gasteiger partial charge in [0.25, 0.3) is 0 Å². The zero-order valence-electron chi connectivity index (χ0n) is 12.1. The predicted molar refractivity (Wildman–Crippen MR) is 82.9 cm³/mol. The first kappa shape index (κ1) is 13.1. The van der Waals surface area contributed by atoms with E-state index in [2.05, 4.69) is 20.5 Å². The number of aryl methyl sites for hydroxylation is 2. The normalized spacial score (nSPS) is 11.4. The zero-order valence-corrected chi connectivity index (χ0v) is 13.0. The van der Waals surface area contributed by atoms with E-state index in [0.29, 0.717) is 6.42 Å². The molecule has 0 amide bonds. The van der Waals surface area contributed by atoms with Crippen molar-refractivity contribution in [2.24, 2.45) is 0 Å². The second-order valence-electron chi connectivity index (χ2n) is 5.06. The average molecular weight is 311 g/mol. The Morgan fingerprint density at radius 2 is 1.95 bits per heavy atom. The largest absolute Gasteiger partial charge is 0.361 e. The molecule has 1 aromatic carbocycles. The highest BCUT2D eigenvalue weighted by Gasteiger charge is 2.16. The maximum absolute atomic E-state index is 5.21. The molecular weight excluding hydrogens is 298 g/mol. The molecule has 0 aliphatic rings. The lowest BCUT2D eigenvalue weighted by Crippen LogP contribution is -1.95. The van der Waals surface area contributed by atoms with Gasteiger partial charge in [-0.1, -0.05) is 46.8 Å². The summed E-state index contributed by atoms with van der Waals surface area (Å²) < 4.78 is 7.01. The highest BCUT2D eigenvalue weighted by Crippen LogP contribution is 2.24.